The molecule has 2 heteroatoms. The van der Waals surface area contributed by atoms with Gasteiger partial charge in [-0.3, -0.25) is 4.79 Å². The van der Waals surface area contributed by atoms with Gasteiger partial charge in [-0.25, -0.2) is 0 Å². The second kappa shape index (κ2) is 3.17. The molecule has 3 aromatic rings. The first-order chi connectivity index (χ1) is 7.36. The SMILES string of the molecule is O=c1ccc2cscc2c2ccccc12. The maximum Gasteiger partial charge on any atom is 0.186 e. The van der Waals surface area contributed by atoms with Crippen LogP contribution < -0.4 is 5.43 Å². The highest BCUT2D eigenvalue weighted by Gasteiger charge is 2.01. The quantitative estimate of drug-likeness (QED) is 0.558. The fraction of sp³-hybridized carbons (Fsp3) is 0. The van der Waals surface area contributed by atoms with E-state index in [1.807, 2.05) is 30.3 Å². The largest absolute Gasteiger partial charge is 0.289 e. The Morgan fingerprint density at radius 3 is 2.47 bits per heavy atom. The van der Waals surface area contributed by atoms with Gasteiger partial charge in [-0.15, -0.1) is 0 Å². The van der Waals surface area contributed by atoms with Gasteiger partial charge in [-0.1, -0.05) is 24.3 Å². The molecule has 0 bridgehead atoms. The van der Waals surface area contributed by atoms with E-state index in [4.69, 9.17) is 0 Å². The number of thiophene rings is 1. The summed E-state index contributed by atoms with van der Waals surface area (Å²) in [5.74, 6) is 0. The predicted molar refractivity (Wildman–Crippen MR) is 65.6 cm³/mol. The van der Waals surface area contributed by atoms with Gasteiger partial charge in [0.05, 0.1) is 0 Å². The van der Waals surface area contributed by atoms with Crippen LogP contribution in [0.4, 0.5) is 0 Å². The first kappa shape index (κ1) is 8.62. The van der Waals surface area contributed by atoms with E-state index >= 15 is 0 Å². The van der Waals surface area contributed by atoms with Crippen molar-refractivity contribution in [2.24, 2.45) is 0 Å². The Morgan fingerprint density at radius 2 is 1.60 bits per heavy atom. The van der Waals surface area contributed by atoms with E-state index in [0.29, 0.717) is 0 Å². The standard InChI is InChI=1S/C13H8OS/c14-13-6-5-9-7-15-8-12(9)10-3-1-2-4-11(10)13/h1-8H. The highest BCUT2D eigenvalue weighted by atomic mass is 32.1. The van der Waals surface area contributed by atoms with Crippen molar-refractivity contribution in [1.29, 1.82) is 0 Å². The fourth-order valence-electron chi connectivity index (χ4n) is 1.84. The van der Waals surface area contributed by atoms with Gasteiger partial charge in [0.25, 0.3) is 0 Å². The summed E-state index contributed by atoms with van der Waals surface area (Å²) in [6.07, 6.45) is 0. The Kier molecular flexibility index (Phi) is 1.82. The highest BCUT2D eigenvalue weighted by Crippen LogP contribution is 2.24. The Labute approximate surface area is 90.6 Å². The summed E-state index contributed by atoms with van der Waals surface area (Å²) in [4.78, 5) is 11.8. The summed E-state index contributed by atoms with van der Waals surface area (Å²) in [6, 6.07) is 11.3. The van der Waals surface area contributed by atoms with Crippen LogP contribution in [0.2, 0.25) is 0 Å². The molecule has 0 N–H and O–H groups in total. The van der Waals surface area contributed by atoms with Gasteiger partial charge in [-0.2, -0.15) is 11.3 Å². The number of fused-ring (bicyclic) bond motifs is 3. The number of rotatable bonds is 0. The van der Waals surface area contributed by atoms with Crippen LogP contribution in [-0.4, -0.2) is 0 Å². The smallest absolute Gasteiger partial charge is 0.186 e. The Balaban J connectivity index is 2.76. The molecule has 1 nitrogen and oxygen atoms in total. The molecule has 72 valence electrons. The summed E-state index contributed by atoms with van der Waals surface area (Å²) in [6.45, 7) is 0. The van der Waals surface area contributed by atoms with Gasteiger partial charge in [0, 0.05) is 10.8 Å². The number of hydrogen-bond donors (Lipinski definition) is 0. The minimum Gasteiger partial charge on any atom is -0.289 e. The lowest BCUT2D eigenvalue weighted by atomic mass is 10.1. The molecule has 0 saturated carbocycles. The van der Waals surface area contributed by atoms with Crippen molar-refractivity contribution in [3.8, 4) is 0 Å². The molecule has 0 aliphatic carbocycles. The van der Waals surface area contributed by atoms with Crippen molar-refractivity contribution in [2.75, 3.05) is 0 Å². The molecule has 0 saturated heterocycles. The van der Waals surface area contributed by atoms with Crippen LogP contribution in [0.25, 0.3) is 21.5 Å². The van der Waals surface area contributed by atoms with Gasteiger partial charge >= 0.3 is 0 Å². The number of benzene rings is 1. The summed E-state index contributed by atoms with van der Waals surface area (Å²) in [5.41, 5.74) is 0.0896. The van der Waals surface area contributed by atoms with E-state index in [0.717, 1.165) is 21.5 Å². The van der Waals surface area contributed by atoms with E-state index in [-0.39, 0.29) is 5.43 Å². The van der Waals surface area contributed by atoms with Gasteiger partial charge in [0.1, 0.15) is 0 Å². The van der Waals surface area contributed by atoms with E-state index in [9.17, 15) is 4.79 Å². The Hall–Kier alpha value is -1.67. The molecule has 2 aromatic carbocycles. The zero-order valence-corrected chi connectivity index (χ0v) is 8.75. The highest BCUT2D eigenvalue weighted by molar-refractivity contribution is 7.09. The molecule has 0 unspecified atom stereocenters. The zero-order chi connectivity index (χ0) is 10.3. The topological polar surface area (TPSA) is 17.1 Å². The molecule has 0 radical (unpaired) electrons. The maximum atomic E-state index is 11.8. The Morgan fingerprint density at radius 1 is 0.800 bits per heavy atom. The van der Waals surface area contributed by atoms with Gasteiger partial charge < -0.3 is 0 Å². The lowest BCUT2D eigenvalue weighted by Crippen LogP contribution is -1.93. The first-order valence-corrected chi connectivity index (χ1v) is 5.68. The molecule has 0 amide bonds. The molecule has 0 aliphatic rings. The molecule has 3 rings (SSSR count). The van der Waals surface area contributed by atoms with Crippen molar-refractivity contribution >= 4 is 32.9 Å². The molecule has 0 aliphatic heterocycles. The molecular weight excluding hydrogens is 204 g/mol. The summed E-state index contributed by atoms with van der Waals surface area (Å²) < 4.78 is 0. The van der Waals surface area contributed by atoms with Crippen LogP contribution in [0.15, 0.2) is 52.0 Å². The fourth-order valence-corrected chi connectivity index (χ4v) is 2.66. The zero-order valence-electron chi connectivity index (χ0n) is 7.94. The average Bonchev–Trinajstić information content (AvgIpc) is 2.69. The minimum atomic E-state index is 0.0896. The van der Waals surface area contributed by atoms with Crippen LogP contribution in [0.1, 0.15) is 0 Å². The van der Waals surface area contributed by atoms with Gasteiger partial charge in [0.2, 0.25) is 0 Å². The third-order valence-corrected chi connectivity index (χ3v) is 3.35. The number of hydrogen-bond acceptors (Lipinski definition) is 2. The molecule has 0 fully saturated rings. The van der Waals surface area contributed by atoms with E-state index in [1.54, 1.807) is 17.4 Å². The van der Waals surface area contributed by atoms with Crippen LogP contribution >= 0.6 is 11.3 Å². The monoisotopic (exact) mass is 212 g/mol. The normalized spacial score (nSPS) is 10.9. The molecule has 0 atom stereocenters. The second-order valence-electron chi connectivity index (χ2n) is 3.48. The molecule has 1 heterocycles. The summed E-state index contributed by atoms with van der Waals surface area (Å²) in [7, 11) is 0. The van der Waals surface area contributed by atoms with Crippen molar-refractivity contribution in [3.63, 3.8) is 0 Å². The van der Waals surface area contributed by atoms with E-state index in [1.165, 1.54) is 0 Å². The first-order valence-electron chi connectivity index (χ1n) is 4.74. The average molecular weight is 212 g/mol. The van der Waals surface area contributed by atoms with Crippen LogP contribution in [-0.2, 0) is 0 Å². The Bertz CT molecular complexity index is 697. The van der Waals surface area contributed by atoms with Crippen molar-refractivity contribution in [2.45, 2.75) is 0 Å². The third-order valence-electron chi connectivity index (χ3n) is 2.59. The maximum absolute atomic E-state index is 11.8. The molecule has 1 aromatic heterocycles. The second-order valence-corrected chi connectivity index (χ2v) is 4.23. The minimum absolute atomic E-state index is 0.0896. The van der Waals surface area contributed by atoms with Gasteiger partial charge in [-0.05, 0) is 33.7 Å². The van der Waals surface area contributed by atoms with E-state index in [2.05, 4.69) is 10.8 Å². The molecule has 15 heavy (non-hydrogen) atoms. The van der Waals surface area contributed by atoms with Crippen LogP contribution in [0, 0.1) is 0 Å². The predicted octanol–water partition coefficient (Wildman–Crippen LogP) is 3.41. The van der Waals surface area contributed by atoms with Crippen molar-refractivity contribution in [1.82, 2.24) is 0 Å². The third kappa shape index (κ3) is 1.26. The van der Waals surface area contributed by atoms with Crippen molar-refractivity contribution < 1.29 is 0 Å². The molecular formula is C13H8OS. The van der Waals surface area contributed by atoms with Gasteiger partial charge in [0.15, 0.2) is 5.43 Å². The lowest BCUT2D eigenvalue weighted by molar-refractivity contribution is 1.72. The molecule has 0 spiro atoms. The van der Waals surface area contributed by atoms with Crippen LogP contribution in [0.3, 0.4) is 0 Å². The van der Waals surface area contributed by atoms with Crippen molar-refractivity contribution in [3.05, 3.63) is 57.4 Å². The lowest BCUT2D eigenvalue weighted by Gasteiger charge is -1.91. The summed E-state index contributed by atoms with van der Waals surface area (Å²) >= 11 is 1.67. The van der Waals surface area contributed by atoms with Crippen LogP contribution in [0.5, 0.6) is 0 Å². The summed E-state index contributed by atoms with van der Waals surface area (Å²) in [5, 5.41) is 8.31. The van der Waals surface area contributed by atoms with E-state index < -0.39 is 0 Å².